The summed E-state index contributed by atoms with van der Waals surface area (Å²) >= 11 is 0. The van der Waals surface area contributed by atoms with E-state index in [1.54, 1.807) is 6.33 Å². The third-order valence-corrected chi connectivity index (χ3v) is 7.10. The summed E-state index contributed by atoms with van der Waals surface area (Å²) in [6.45, 7) is 1.71. The topological polar surface area (TPSA) is 69.2 Å². The van der Waals surface area contributed by atoms with Gasteiger partial charge in [-0.3, -0.25) is 0 Å². The van der Waals surface area contributed by atoms with Crippen molar-refractivity contribution in [2.75, 3.05) is 26.4 Å². The van der Waals surface area contributed by atoms with Crippen LogP contribution in [0.3, 0.4) is 0 Å². The molecule has 0 aliphatic heterocycles. The van der Waals surface area contributed by atoms with Crippen LogP contribution in [0.1, 0.15) is 43.7 Å². The van der Waals surface area contributed by atoms with Gasteiger partial charge in [0.05, 0.1) is 5.39 Å². The van der Waals surface area contributed by atoms with Crippen LogP contribution in [0.2, 0.25) is 0 Å². The number of nitrogens with two attached hydrogens (primary N) is 1. The second-order valence-corrected chi connectivity index (χ2v) is 10.00. The molecule has 2 N–H and O–H groups in total. The monoisotopic (exact) mass is 469 g/mol. The Kier molecular flexibility index (Phi) is 7.00. The van der Waals surface area contributed by atoms with Gasteiger partial charge in [-0.2, -0.15) is 0 Å². The predicted octanol–water partition coefficient (Wildman–Crippen LogP) is 5.94. The Morgan fingerprint density at radius 2 is 1.86 bits per heavy atom. The minimum Gasteiger partial charge on any atom is -0.489 e. The highest BCUT2D eigenvalue weighted by Gasteiger charge is 2.32. The van der Waals surface area contributed by atoms with Crippen LogP contribution in [-0.4, -0.2) is 40.1 Å². The zero-order valence-electron chi connectivity index (χ0n) is 20.7. The molecule has 0 unspecified atom stereocenters. The Balaban J connectivity index is 1.33. The first-order valence-corrected chi connectivity index (χ1v) is 12.6. The molecule has 1 aliphatic carbocycles. The molecule has 0 bridgehead atoms. The number of nitrogen functional groups attached to an aromatic ring is 1. The van der Waals surface area contributed by atoms with Crippen LogP contribution in [-0.2, 0) is 6.61 Å². The molecule has 2 aromatic heterocycles. The number of hydrogen-bond donors (Lipinski definition) is 1. The van der Waals surface area contributed by atoms with Gasteiger partial charge in [0, 0.05) is 17.8 Å². The zero-order chi connectivity index (χ0) is 24.2. The highest BCUT2D eigenvalue weighted by molar-refractivity contribution is 6.00. The Hall–Kier alpha value is -3.38. The fraction of sp³-hybridized carbons (Fsp3) is 0.379. The number of fused-ring (bicyclic) bond motifs is 1. The number of hydrogen-bond acceptors (Lipinski definition) is 5. The quantitative estimate of drug-likeness (QED) is 0.291. The molecule has 0 spiro atoms. The Labute approximate surface area is 207 Å². The van der Waals surface area contributed by atoms with Gasteiger partial charge in [-0.25, -0.2) is 9.97 Å². The van der Waals surface area contributed by atoms with Crippen LogP contribution >= 0.6 is 0 Å². The standard InChI is InChI=1S/C29H35N5O/c1-33(2)14-7-6-11-22-15-24(16-22)34-18-26(27-28(30)31-20-32-29(27)34)23-12-8-13-25(17-23)35-19-21-9-4-3-5-10-21/h3-5,8-10,12-13,17-18,20,22,24H,6-7,11,14-16,19H2,1-2H3,(H2,30,31,32). The number of nitrogens with zero attached hydrogens (tertiary/aromatic N) is 4. The lowest BCUT2D eigenvalue weighted by atomic mass is 9.77. The summed E-state index contributed by atoms with van der Waals surface area (Å²) in [7, 11) is 4.29. The predicted molar refractivity (Wildman–Crippen MR) is 142 cm³/mol. The average molecular weight is 470 g/mol. The lowest BCUT2D eigenvalue weighted by Gasteiger charge is -2.36. The SMILES string of the molecule is CN(C)CCCCC1CC(n2cc(-c3cccc(OCc4ccccc4)c3)c3c(N)ncnc32)C1. The number of anilines is 1. The van der Waals surface area contributed by atoms with Crippen LogP contribution in [0.4, 0.5) is 5.82 Å². The lowest BCUT2D eigenvalue weighted by molar-refractivity contribution is 0.185. The Morgan fingerprint density at radius 3 is 2.66 bits per heavy atom. The van der Waals surface area contributed by atoms with Crippen molar-refractivity contribution < 1.29 is 4.74 Å². The summed E-state index contributed by atoms with van der Waals surface area (Å²) < 4.78 is 8.42. The molecular weight excluding hydrogens is 434 g/mol. The number of benzene rings is 2. The summed E-state index contributed by atoms with van der Waals surface area (Å²) in [4.78, 5) is 11.2. The van der Waals surface area contributed by atoms with Gasteiger partial charge in [0.1, 0.15) is 30.1 Å². The van der Waals surface area contributed by atoms with Gasteiger partial charge in [-0.15, -0.1) is 0 Å². The molecule has 2 aromatic carbocycles. The zero-order valence-corrected chi connectivity index (χ0v) is 20.7. The van der Waals surface area contributed by atoms with Crippen molar-refractivity contribution in [3.63, 3.8) is 0 Å². The molecule has 0 amide bonds. The van der Waals surface area contributed by atoms with Gasteiger partial charge < -0.3 is 19.9 Å². The van der Waals surface area contributed by atoms with Gasteiger partial charge in [-0.1, -0.05) is 55.3 Å². The Bertz CT molecular complexity index is 1260. The normalized spacial score (nSPS) is 17.6. The van der Waals surface area contributed by atoms with E-state index in [0.29, 0.717) is 18.5 Å². The fourth-order valence-electron chi connectivity index (χ4n) is 5.12. The van der Waals surface area contributed by atoms with Gasteiger partial charge in [-0.05, 0) is 69.1 Å². The second-order valence-electron chi connectivity index (χ2n) is 10.00. The number of aromatic nitrogens is 3. The molecule has 5 rings (SSSR count). The van der Waals surface area contributed by atoms with Crippen molar-refractivity contribution in [3.05, 3.63) is 72.7 Å². The third kappa shape index (κ3) is 5.33. The second kappa shape index (κ2) is 10.5. The highest BCUT2D eigenvalue weighted by atomic mass is 16.5. The minimum absolute atomic E-state index is 0.469. The first-order valence-electron chi connectivity index (χ1n) is 12.6. The van der Waals surface area contributed by atoms with Crippen molar-refractivity contribution >= 4 is 16.9 Å². The van der Waals surface area contributed by atoms with Gasteiger partial charge in [0.15, 0.2) is 0 Å². The maximum Gasteiger partial charge on any atom is 0.146 e. The van der Waals surface area contributed by atoms with Gasteiger partial charge >= 0.3 is 0 Å². The largest absolute Gasteiger partial charge is 0.489 e. The molecule has 35 heavy (non-hydrogen) atoms. The summed E-state index contributed by atoms with van der Waals surface area (Å²) in [5, 5.41) is 0.933. The van der Waals surface area contributed by atoms with Crippen molar-refractivity contribution in [2.45, 2.75) is 44.8 Å². The van der Waals surface area contributed by atoms with Crippen molar-refractivity contribution in [3.8, 4) is 16.9 Å². The molecule has 4 aromatic rings. The maximum atomic E-state index is 6.37. The van der Waals surface area contributed by atoms with Crippen LogP contribution in [0, 0.1) is 5.92 Å². The third-order valence-electron chi connectivity index (χ3n) is 7.10. The summed E-state index contributed by atoms with van der Waals surface area (Å²) in [5.74, 6) is 2.17. The number of rotatable bonds is 10. The first-order chi connectivity index (χ1) is 17.1. The highest BCUT2D eigenvalue weighted by Crippen LogP contribution is 2.44. The van der Waals surface area contributed by atoms with Crippen molar-refractivity contribution in [1.82, 2.24) is 19.4 Å². The molecular formula is C29H35N5O. The van der Waals surface area contributed by atoms with E-state index in [1.165, 1.54) is 38.6 Å². The Morgan fingerprint density at radius 1 is 1.03 bits per heavy atom. The van der Waals surface area contributed by atoms with Crippen molar-refractivity contribution in [1.29, 1.82) is 0 Å². The molecule has 182 valence electrons. The fourth-order valence-corrected chi connectivity index (χ4v) is 5.12. The molecule has 0 radical (unpaired) electrons. The smallest absolute Gasteiger partial charge is 0.146 e. The van der Waals surface area contributed by atoms with Crippen LogP contribution in [0.5, 0.6) is 5.75 Å². The molecule has 2 heterocycles. The van der Waals surface area contributed by atoms with Crippen molar-refractivity contribution in [2.24, 2.45) is 5.92 Å². The summed E-state index contributed by atoms with van der Waals surface area (Å²) in [5.41, 5.74) is 10.6. The summed E-state index contributed by atoms with van der Waals surface area (Å²) in [6.07, 6.45) is 10.1. The average Bonchev–Trinajstić information content (AvgIpc) is 3.23. The maximum absolute atomic E-state index is 6.37. The van der Waals surface area contributed by atoms with Crippen LogP contribution in [0.25, 0.3) is 22.2 Å². The van der Waals surface area contributed by atoms with E-state index in [4.69, 9.17) is 10.5 Å². The van der Waals surface area contributed by atoms with E-state index in [0.717, 1.165) is 39.4 Å². The molecule has 6 heteroatoms. The molecule has 6 nitrogen and oxygen atoms in total. The first kappa shape index (κ1) is 23.4. The molecule has 0 atom stereocenters. The van der Waals surface area contributed by atoms with Crippen LogP contribution in [0.15, 0.2) is 67.1 Å². The number of unbranched alkanes of at least 4 members (excludes halogenated alkanes) is 1. The van der Waals surface area contributed by atoms with Gasteiger partial charge in [0.25, 0.3) is 0 Å². The molecule has 1 saturated carbocycles. The number of ether oxygens (including phenoxy) is 1. The molecule has 1 fully saturated rings. The van der Waals surface area contributed by atoms with E-state index in [1.807, 2.05) is 30.3 Å². The van der Waals surface area contributed by atoms with E-state index >= 15 is 0 Å². The lowest BCUT2D eigenvalue weighted by Crippen LogP contribution is -2.26. The van der Waals surface area contributed by atoms with E-state index in [-0.39, 0.29) is 0 Å². The van der Waals surface area contributed by atoms with E-state index in [2.05, 4.69) is 64.0 Å². The summed E-state index contributed by atoms with van der Waals surface area (Å²) in [6, 6.07) is 18.9. The van der Waals surface area contributed by atoms with Crippen LogP contribution < -0.4 is 10.5 Å². The van der Waals surface area contributed by atoms with Gasteiger partial charge in [0.2, 0.25) is 0 Å². The molecule has 1 aliphatic rings. The van der Waals surface area contributed by atoms with E-state index in [9.17, 15) is 0 Å². The molecule has 0 saturated heterocycles. The minimum atomic E-state index is 0.469. The van der Waals surface area contributed by atoms with E-state index < -0.39 is 0 Å².